The van der Waals surface area contributed by atoms with Crippen molar-refractivity contribution in [3.8, 4) is 0 Å². The molecule has 0 radical (unpaired) electrons. The van der Waals surface area contributed by atoms with Crippen LogP contribution in [-0.2, 0) is 5.41 Å². The predicted octanol–water partition coefficient (Wildman–Crippen LogP) is 1.64. The highest BCUT2D eigenvalue weighted by Gasteiger charge is 2.32. The molecule has 2 aromatic heterocycles. The van der Waals surface area contributed by atoms with Crippen LogP contribution in [0.15, 0.2) is 16.8 Å². The van der Waals surface area contributed by atoms with Crippen molar-refractivity contribution in [3.05, 3.63) is 23.5 Å². The van der Waals surface area contributed by atoms with Gasteiger partial charge in [0.2, 0.25) is 0 Å². The van der Waals surface area contributed by atoms with E-state index in [9.17, 15) is 4.79 Å². The van der Waals surface area contributed by atoms with Crippen molar-refractivity contribution in [1.29, 1.82) is 0 Å². The molecular formula is C19H27N5O2. The monoisotopic (exact) mass is 357 g/mol. The van der Waals surface area contributed by atoms with Crippen molar-refractivity contribution in [2.24, 2.45) is 0 Å². The highest BCUT2D eigenvalue weighted by Crippen LogP contribution is 2.29. The van der Waals surface area contributed by atoms with E-state index >= 15 is 0 Å². The Kier molecular flexibility index (Phi) is 4.44. The van der Waals surface area contributed by atoms with Crippen LogP contribution >= 0.6 is 0 Å². The van der Waals surface area contributed by atoms with Gasteiger partial charge in [0.25, 0.3) is 11.6 Å². The average Bonchev–Trinajstić information content (AvgIpc) is 3.28. The Hall–Kier alpha value is -1.99. The van der Waals surface area contributed by atoms with Crippen molar-refractivity contribution in [3.63, 3.8) is 0 Å². The fraction of sp³-hybridized carbons (Fsp3) is 0.632. The number of aromatic nitrogens is 2. The zero-order valence-electron chi connectivity index (χ0n) is 15.8. The van der Waals surface area contributed by atoms with Crippen molar-refractivity contribution < 1.29 is 9.32 Å². The lowest BCUT2D eigenvalue weighted by Crippen LogP contribution is -2.49. The number of carbonyl (C=O) groups is 1. The van der Waals surface area contributed by atoms with Gasteiger partial charge >= 0.3 is 0 Å². The van der Waals surface area contributed by atoms with Crippen molar-refractivity contribution >= 4 is 17.0 Å². The Morgan fingerprint density at radius 1 is 1.27 bits per heavy atom. The summed E-state index contributed by atoms with van der Waals surface area (Å²) in [6.07, 6.45) is 2.66. The summed E-state index contributed by atoms with van der Waals surface area (Å²) in [4.78, 5) is 21.8. The number of rotatable bonds is 2. The number of nitrogens with zero attached hydrogens (tertiary/aromatic N) is 4. The van der Waals surface area contributed by atoms with Crippen LogP contribution in [0.2, 0.25) is 0 Å². The number of amides is 1. The second-order valence-corrected chi connectivity index (χ2v) is 8.34. The topological polar surface area (TPSA) is 74.5 Å². The molecule has 7 nitrogen and oxygen atoms in total. The first-order valence-corrected chi connectivity index (χ1v) is 9.43. The van der Waals surface area contributed by atoms with Gasteiger partial charge in [-0.2, -0.15) is 0 Å². The van der Waals surface area contributed by atoms with Gasteiger partial charge in [-0.15, -0.1) is 0 Å². The first kappa shape index (κ1) is 17.4. The van der Waals surface area contributed by atoms with Crippen LogP contribution in [0, 0.1) is 0 Å². The Morgan fingerprint density at radius 2 is 2.04 bits per heavy atom. The standard InChI is InChI=1S/C19H27N5O2/c1-19(2,3)16-15-10-13(11-21-17(15)26-22-16)18(25)24-7-4-14(12-24)23-8-5-20-6-9-23/h10-11,14,20H,4-9,12H2,1-3H3. The zero-order chi connectivity index (χ0) is 18.3. The molecule has 0 aliphatic carbocycles. The van der Waals surface area contributed by atoms with Crippen LogP contribution in [-0.4, -0.2) is 71.2 Å². The van der Waals surface area contributed by atoms with E-state index in [0.29, 0.717) is 17.3 Å². The van der Waals surface area contributed by atoms with E-state index in [0.717, 1.165) is 56.8 Å². The molecule has 1 unspecified atom stereocenters. The Labute approximate surface area is 153 Å². The van der Waals surface area contributed by atoms with Gasteiger partial charge in [-0.05, 0) is 12.5 Å². The fourth-order valence-electron chi connectivity index (χ4n) is 3.94. The molecule has 0 spiro atoms. The van der Waals surface area contributed by atoms with E-state index in [4.69, 9.17) is 4.52 Å². The molecule has 2 aromatic rings. The molecule has 2 aliphatic heterocycles. The third kappa shape index (κ3) is 3.21. The van der Waals surface area contributed by atoms with Crippen molar-refractivity contribution in [2.45, 2.75) is 38.6 Å². The van der Waals surface area contributed by atoms with E-state index in [2.05, 4.69) is 41.1 Å². The summed E-state index contributed by atoms with van der Waals surface area (Å²) < 4.78 is 5.33. The number of fused-ring (bicyclic) bond motifs is 1. The molecule has 0 saturated carbocycles. The molecule has 1 atom stereocenters. The van der Waals surface area contributed by atoms with Crippen LogP contribution < -0.4 is 5.32 Å². The number of piperazine rings is 1. The lowest BCUT2D eigenvalue weighted by atomic mass is 9.90. The summed E-state index contributed by atoms with van der Waals surface area (Å²) in [7, 11) is 0. The summed E-state index contributed by atoms with van der Waals surface area (Å²) >= 11 is 0. The summed E-state index contributed by atoms with van der Waals surface area (Å²) in [5.41, 5.74) is 1.80. The summed E-state index contributed by atoms with van der Waals surface area (Å²) in [5, 5.41) is 8.38. The third-order valence-corrected chi connectivity index (χ3v) is 5.41. The summed E-state index contributed by atoms with van der Waals surface area (Å²) in [5.74, 6) is 0.0538. The largest absolute Gasteiger partial charge is 0.337 e. The molecular weight excluding hydrogens is 330 g/mol. The molecule has 26 heavy (non-hydrogen) atoms. The minimum absolute atomic E-state index is 0.0538. The van der Waals surface area contributed by atoms with Crippen LogP contribution in [0.25, 0.3) is 11.1 Å². The molecule has 0 bridgehead atoms. The molecule has 2 aliphatic rings. The predicted molar refractivity (Wildman–Crippen MR) is 99.3 cm³/mol. The molecule has 2 fully saturated rings. The molecule has 4 rings (SSSR count). The Bertz CT molecular complexity index is 804. The third-order valence-electron chi connectivity index (χ3n) is 5.41. The van der Waals surface area contributed by atoms with E-state index in [1.54, 1.807) is 6.20 Å². The van der Waals surface area contributed by atoms with Gasteiger partial charge < -0.3 is 14.7 Å². The summed E-state index contributed by atoms with van der Waals surface area (Å²) in [6.45, 7) is 12.0. The van der Waals surface area contributed by atoms with E-state index in [1.807, 2.05) is 11.0 Å². The molecule has 0 aromatic carbocycles. The van der Waals surface area contributed by atoms with Gasteiger partial charge in [0.1, 0.15) is 0 Å². The van der Waals surface area contributed by atoms with E-state index in [-0.39, 0.29) is 11.3 Å². The highest BCUT2D eigenvalue weighted by atomic mass is 16.5. The Balaban J connectivity index is 1.53. The summed E-state index contributed by atoms with van der Waals surface area (Å²) in [6, 6.07) is 2.36. The molecule has 140 valence electrons. The number of nitrogens with one attached hydrogen (secondary N) is 1. The first-order valence-electron chi connectivity index (χ1n) is 9.43. The minimum Gasteiger partial charge on any atom is -0.337 e. The van der Waals surface area contributed by atoms with Gasteiger partial charge in [0.15, 0.2) is 0 Å². The zero-order valence-corrected chi connectivity index (χ0v) is 15.8. The second-order valence-electron chi connectivity index (χ2n) is 8.34. The smallest absolute Gasteiger partial charge is 0.257 e. The molecule has 2 saturated heterocycles. The number of carbonyl (C=O) groups excluding carboxylic acids is 1. The van der Waals surface area contributed by atoms with Crippen LogP contribution in [0.4, 0.5) is 0 Å². The molecule has 1 N–H and O–H groups in total. The maximum atomic E-state index is 13.0. The lowest BCUT2D eigenvalue weighted by molar-refractivity contribution is 0.0773. The van der Waals surface area contributed by atoms with Crippen LogP contribution in [0.5, 0.6) is 0 Å². The lowest BCUT2D eigenvalue weighted by Gasteiger charge is -2.32. The number of hydrogen-bond donors (Lipinski definition) is 1. The van der Waals surface area contributed by atoms with Gasteiger partial charge in [0.05, 0.1) is 16.6 Å². The van der Waals surface area contributed by atoms with Crippen LogP contribution in [0.1, 0.15) is 43.2 Å². The van der Waals surface area contributed by atoms with Crippen LogP contribution in [0.3, 0.4) is 0 Å². The minimum atomic E-state index is -0.157. The molecule has 7 heteroatoms. The van der Waals surface area contributed by atoms with Crippen molar-refractivity contribution in [1.82, 2.24) is 25.3 Å². The Morgan fingerprint density at radius 3 is 2.77 bits per heavy atom. The SMILES string of the molecule is CC(C)(C)c1noc2ncc(C(=O)N3CCC(N4CCNCC4)C3)cc12. The first-order chi connectivity index (χ1) is 12.4. The van der Waals surface area contributed by atoms with Gasteiger partial charge in [-0.3, -0.25) is 9.69 Å². The normalized spacial score (nSPS) is 22.3. The van der Waals surface area contributed by atoms with Gasteiger partial charge in [-0.1, -0.05) is 25.9 Å². The van der Waals surface area contributed by atoms with E-state index in [1.165, 1.54) is 0 Å². The fourth-order valence-corrected chi connectivity index (χ4v) is 3.94. The second kappa shape index (κ2) is 6.63. The maximum absolute atomic E-state index is 13.0. The number of hydrogen-bond acceptors (Lipinski definition) is 6. The van der Waals surface area contributed by atoms with E-state index < -0.39 is 0 Å². The number of pyridine rings is 1. The molecule has 4 heterocycles. The van der Waals surface area contributed by atoms with Crippen molar-refractivity contribution in [2.75, 3.05) is 39.3 Å². The molecule has 1 amide bonds. The number of likely N-dealkylation sites (tertiary alicyclic amines) is 1. The quantitative estimate of drug-likeness (QED) is 0.881. The van der Waals surface area contributed by atoms with Gasteiger partial charge in [-0.25, -0.2) is 4.98 Å². The van der Waals surface area contributed by atoms with Gasteiger partial charge in [0, 0.05) is 56.9 Å². The highest BCUT2D eigenvalue weighted by molar-refractivity contribution is 5.97. The maximum Gasteiger partial charge on any atom is 0.257 e. The average molecular weight is 357 g/mol.